The lowest BCUT2D eigenvalue weighted by Crippen LogP contribution is -2.31. The first-order valence-corrected chi connectivity index (χ1v) is 7.35. The van der Waals surface area contributed by atoms with Gasteiger partial charge in [-0.1, -0.05) is 19.9 Å². The number of carbonyl (C=O) groups is 1. The maximum Gasteiger partial charge on any atom is 0.272 e. The second-order valence-corrected chi connectivity index (χ2v) is 5.74. The average molecular weight is 290 g/mol. The molecule has 2 heterocycles. The van der Waals surface area contributed by atoms with Crippen LogP contribution in [0.3, 0.4) is 0 Å². The first-order valence-electron chi connectivity index (χ1n) is 6.47. The molecule has 6 heteroatoms. The third-order valence-electron chi connectivity index (χ3n) is 2.96. The number of carbonyl (C=O) groups excluding carboxylic acids is 1. The molecule has 0 radical (unpaired) electrons. The summed E-state index contributed by atoms with van der Waals surface area (Å²) in [5.74, 6) is 0.745. The maximum atomic E-state index is 12.2. The van der Waals surface area contributed by atoms with E-state index >= 15 is 0 Å². The quantitative estimate of drug-likeness (QED) is 0.888. The number of anilines is 1. The van der Waals surface area contributed by atoms with Gasteiger partial charge in [-0.05, 0) is 29.5 Å². The Morgan fingerprint density at radius 1 is 1.25 bits per heavy atom. The normalized spacial score (nSPS) is 12.2. The van der Waals surface area contributed by atoms with Gasteiger partial charge in [0.15, 0.2) is 5.69 Å². The molecule has 0 fully saturated rings. The highest BCUT2D eigenvalue weighted by atomic mass is 32.1. The van der Waals surface area contributed by atoms with E-state index in [4.69, 9.17) is 0 Å². The lowest BCUT2D eigenvalue weighted by Gasteiger charge is -2.20. The van der Waals surface area contributed by atoms with Crippen LogP contribution in [0.4, 0.5) is 5.82 Å². The van der Waals surface area contributed by atoms with Gasteiger partial charge in [-0.15, -0.1) is 21.5 Å². The van der Waals surface area contributed by atoms with Gasteiger partial charge < -0.3 is 10.6 Å². The lowest BCUT2D eigenvalue weighted by molar-refractivity contribution is 0.0920. The van der Waals surface area contributed by atoms with Crippen molar-refractivity contribution in [3.63, 3.8) is 0 Å². The predicted molar refractivity (Wildman–Crippen MR) is 80.9 cm³/mol. The molecule has 2 aromatic rings. The lowest BCUT2D eigenvalue weighted by atomic mass is 10.0. The maximum absolute atomic E-state index is 12.2. The van der Waals surface area contributed by atoms with Gasteiger partial charge in [0.25, 0.3) is 5.91 Å². The Bertz CT molecular complexity index is 551. The minimum atomic E-state index is -0.202. The number of nitrogens with one attached hydrogen (secondary N) is 2. The van der Waals surface area contributed by atoms with Gasteiger partial charge in [0.2, 0.25) is 0 Å². The van der Waals surface area contributed by atoms with Crippen molar-refractivity contribution in [2.45, 2.75) is 19.9 Å². The summed E-state index contributed by atoms with van der Waals surface area (Å²) in [6.07, 6.45) is 0. The van der Waals surface area contributed by atoms with E-state index in [1.807, 2.05) is 17.5 Å². The first kappa shape index (κ1) is 14.5. The van der Waals surface area contributed by atoms with Crippen LogP contribution in [0.25, 0.3) is 0 Å². The molecule has 1 amide bonds. The average Bonchev–Trinajstić information content (AvgIpc) is 2.98. The zero-order chi connectivity index (χ0) is 14.5. The van der Waals surface area contributed by atoms with Crippen LogP contribution in [0.1, 0.15) is 35.3 Å². The van der Waals surface area contributed by atoms with Gasteiger partial charge in [-0.2, -0.15) is 0 Å². The minimum Gasteiger partial charge on any atom is -0.372 e. The highest BCUT2D eigenvalue weighted by molar-refractivity contribution is 7.10. The fourth-order valence-electron chi connectivity index (χ4n) is 1.84. The van der Waals surface area contributed by atoms with E-state index in [1.165, 1.54) is 0 Å². The molecule has 2 aromatic heterocycles. The van der Waals surface area contributed by atoms with Crippen molar-refractivity contribution in [1.29, 1.82) is 0 Å². The summed E-state index contributed by atoms with van der Waals surface area (Å²) in [4.78, 5) is 13.4. The molecule has 0 saturated heterocycles. The van der Waals surface area contributed by atoms with Crippen LogP contribution in [0.5, 0.6) is 0 Å². The van der Waals surface area contributed by atoms with Gasteiger partial charge in [0, 0.05) is 11.9 Å². The molecule has 2 rings (SSSR count). The van der Waals surface area contributed by atoms with Crippen LogP contribution >= 0.6 is 11.3 Å². The molecule has 1 unspecified atom stereocenters. The fourth-order valence-corrected chi connectivity index (χ4v) is 2.79. The number of aromatic nitrogens is 2. The number of rotatable bonds is 5. The Morgan fingerprint density at radius 3 is 2.55 bits per heavy atom. The second kappa shape index (κ2) is 6.47. The van der Waals surface area contributed by atoms with Crippen LogP contribution in [0, 0.1) is 5.92 Å². The van der Waals surface area contributed by atoms with Gasteiger partial charge in [-0.3, -0.25) is 4.79 Å². The number of hydrogen-bond donors (Lipinski definition) is 2. The molecule has 0 aliphatic heterocycles. The Labute approximate surface area is 122 Å². The van der Waals surface area contributed by atoms with E-state index < -0.39 is 0 Å². The smallest absolute Gasteiger partial charge is 0.272 e. The molecule has 0 saturated carbocycles. The van der Waals surface area contributed by atoms with E-state index in [1.54, 1.807) is 30.5 Å². The van der Waals surface area contributed by atoms with Crippen molar-refractivity contribution < 1.29 is 4.79 Å². The van der Waals surface area contributed by atoms with E-state index in [0.717, 1.165) is 4.88 Å². The van der Waals surface area contributed by atoms with Gasteiger partial charge >= 0.3 is 0 Å². The van der Waals surface area contributed by atoms with Crippen LogP contribution in [0.15, 0.2) is 29.6 Å². The van der Waals surface area contributed by atoms with Crippen molar-refractivity contribution in [1.82, 2.24) is 15.5 Å². The summed E-state index contributed by atoms with van der Waals surface area (Å²) in [6, 6.07) is 7.42. The molecule has 20 heavy (non-hydrogen) atoms. The zero-order valence-electron chi connectivity index (χ0n) is 11.8. The number of thiophene rings is 1. The van der Waals surface area contributed by atoms with E-state index in [0.29, 0.717) is 17.4 Å². The summed E-state index contributed by atoms with van der Waals surface area (Å²) in [7, 11) is 1.76. The molecule has 106 valence electrons. The Morgan fingerprint density at radius 2 is 2.05 bits per heavy atom. The van der Waals surface area contributed by atoms with Crippen LogP contribution in [0.2, 0.25) is 0 Å². The van der Waals surface area contributed by atoms with Crippen LogP contribution < -0.4 is 10.6 Å². The third-order valence-corrected chi connectivity index (χ3v) is 3.91. The molecular formula is C14H18N4OS. The molecule has 0 spiro atoms. The summed E-state index contributed by atoms with van der Waals surface area (Å²) < 4.78 is 0. The number of amides is 1. The van der Waals surface area contributed by atoms with Gasteiger partial charge in [0.1, 0.15) is 5.82 Å². The van der Waals surface area contributed by atoms with Crippen molar-refractivity contribution in [3.8, 4) is 0 Å². The molecule has 1 atom stereocenters. The van der Waals surface area contributed by atoms with E-state index in [-0.39, 0.29) is 11.9 Å². The van der Waals surface area contributed by atoms with Gasteiger partial charge in [-0.25, -0.2) is 0 Å². The largest absolute Gasteiger partial charge is 0.372 e. The number of nitrogens with zero attached hydrogens (tertiary/aromatic N) is 2. The summed E-state index contributed by atoms with van der Waals surface area (Å²) in [5.41, 5.74) is 0.325. The molecular weight excluding hydrogens is 272 g/mol. The van der Waals surface area contributed by atoms with Crippen molar-refractivity contribution in [3.05, 3.63) is 40.2 Å². The molecule has 0 aromatic carbocycles. The standard InChI is InChI=1S/C14H18N4OS/c1-9(2)13(11-5-4-8-20-11)16-14(19)10-6-7-12(15-3)18-17-10/h4-9,13H,1-3H3,(H,15,18)(H,16,19). The predicted octanol–water partition coefficient (Wildman–Crippen LogP) is 2.71. The summed E-state index contributed by atoms with van der Waals surface area (Å²) in [6.45, 7) is 4.17. The Kier molecular flexibility index (Phi) is 4.68. The topological polar surface area (TPSA) is 66.9 Å². The van der Waals surface area contributed by atoms with Crippen molar-refractivity contribution in [2.24, 2.45) is 5.92 Å². The molecule has 5 nitrogen and oxygen atoms in total. The van der Waals surface area contributed by atoms with E-state index in [9.17, 15) is 4.79 Å². The highest BCUT2D eigenvalue weighted by Crippen LogP contribution is 2.25. The first-order chi connectivity index (χ1) is 9.61. The van der Waals surface area contributed by atoms with Crippen molar-refractivity contribution in [2.75, 3.05) is 12.4 Å². The summed E-state index contributed by atoms with van der Waals surface area (Å²) in [5, 5.41) is 15.7. The Hall–Kier alpha value is -1.95. The number of hydrogen-bond acceptors (Lipinski definition) is 5. The second-order valence-electron chi connectivity index (χ2n) is 4.76. The van der Waals surface area contributed by atoms with Crippen molar-refractivity contribution >= 4 is 23.1 Å². The fraction of sp³-hybridized carbons (Fsp3) is 0.357. The molecule has 0 bridgehead atoms. The monoisotopic (exact) mass is 290 g/mol. The molecule has 0 aliphatic rings. The van der Waals surface area contributed by atoms with Gasteiger partial charge in [0.05, 0.1) is 6.04 Å². The highest BCUT2D eigenvalue weighted by Gasteiger charge is 2.20. The van der Waals surface area contributed by atoms with Crippen LogP contribution in [-0.2, 0) is 0 Å². The molecule has 0 aliphatic carbocycles. The van der Waals surface area contributed by atoms with Crippen LogP contribution in [-0.4, -0.2) is 23.2 Å². The minimum absolute atomic E-state index is 0.00623. The third kappa shape index (κ3) is 3.33. The zero-order valence-corrected chi connectivity index (χ0v) is 12.6. The molecule has 2 N–H and O–H groups in total. The summed E-state index contributed by atoms with van der Waals surface area (Å²) >= 11 is 1.64. The SMILES string of the molecule is CNc1ccc(C(=O)NC(c2cccs2)C(C)C)nn1. The van der Waals surface area contributed by atoms with E-state index in [2.05, 4.69) is 34.7 Å². The Balaban J connectivity index is 2.12.